The lowest BCUT2D eigenvalue weighted by Crippen LogP contribution is -2.39. The molecule has 1 saturated carbocycles. The van der Waals surface area contributed by atoms with Crippen LogP contribution in [-0.2, 0) is 22.5 Å². The van der Waals surface area contributed by atoms with Gasteiger partial charge < -0.3 is 9.88 Å². The Morgan fingerprint density at radius 3 is 2.33 bits per heavy atom. The van der Waals surface area contributed by atoms with Crippen LogP contribution >= 0.6 is 0 Å². The molecule has 3 rings (SSSR count). The molecular weight excluding hydrogens is 405 g/mol. The van der Waals surface area contributed by atoms with Crippen LogP contribution in [-0.4, -0.2) is 42.8 Å². The molecule has 0 spiro atoms. The van der Waals surface area contributed by atoms with E-state index in [1.807, 2.05) is 0 Å². The first-order valence-corrected chi connectivity index (χ1v) is 11.9. The fourth-order valence-corrected chi connectivity index (χ4v) is 5.91. The average Bonchev–Trinajstić information content (AvgIpc) is 3.35. The highest BCUT2D eigenvalue weighted by Gasteiger charge is 2.36. The van der Waals surface area contributed by atoms with Crippen LogP contribution in [0.1, 0.15) is 55.6 Å². The van der Waals surface area contributed by atoms with Crippen molar-refractivity contribution < 1.29 is 17.6 Å². The second kappa shape index (κ2) is 8.89. The largest absolute Gasteiger partial charge is 0.350 e. The van der Waals surface area contributed by atoms with Crippen LogP contribution in [0.5, 0.6) is 0 Å². The topological polar surface area (TPSA) is 71.4 Å². The molecule has 0 bridgehead atoms. The van der Waals surface area contributed by atoms with E-state index in [1.165, 1.54) is 28.7 Å². The highest BCUT2D eigenvalue weighted by molar-refractivity contribution is 7.89. The van der Waals surface area contributed by atoms with Gasteiger partial charge in [-0.25, -0.2) is 12.8 Å². The van der Waals surface area contributed by atoms with E-state index in [4.69, 9.17) is 0 Å². The van der Waals surface area contributed by atoms with Gasteiger partial charge in [-0.15, -0.1) is 0 Å². The molecule has 164 valence electrons. The van der Waals surface area contributed by atoms with E-state index in [0.717, 1.165) is 31.2 Å². The standard InChI is InChI=1S/C22H30FN3O3S/c1-4-26(5-2)30(28,29)19-14-20(25(3)15-19)21(27)24-16-22(12-6-7-13-22)17-8-10-18(23)11-9-17/h8-11,14-15H,4-7,12-13,16H2,1-3H3,(H,24,27). The van der Waals surface area contributed by atoms with Gasteiger partial charge in [-0.3, -0.25) is 4.79 Å². The van der Waals surface area contributed by atoms with Gasteiger partial charge in [-0.1, -0.05) is 38.8 Å². The first kappa shape index (κ1) is 22.5. The summed E-state index contributed by atoms with van der Waals surface area (Å²) in [7, 11) is -1.96. The van der Waals surface area contributed by atoms with E-state index in [0.29, 0.717) is 25.3 Å². The van der Waals surface area contributed by atoms with Gasteiger partial charge in [0.15, 0.2) is 0 Å². The third-order valence-corrected chi connectivity index (χ3v) is 8.18. The lowest BCUT2D eigenvalue weighted by molar-refractivity contribution is 0.0935. The third-order valence-electron chi connectivity index (χ3n) is 6.16. The van der Waals surface area contributed by atoms with Crippen molar-refractivity contribution in [2.45, 2.75) is 49.8 Å². The monoisotopic (exact) mass is 435 g/mol. The minimum atomic E-state index is -3.63. The molecule has 1 heterocycles. The molecule has 8 heteroatoms. The van der Waals surface area contributed by atoms with Crippen molar-refractivity contribution in [1.29, 1.82) is 0 Å². The van der Waals surface area contributed by atoms with Gasteiger partial charge in [0.2, 0.25) is 10.0 Å². The first-order valence-electron chi connectivity index (χ1n) is 10.4. The summed E-state index contributed by atoms with van der Waals surface area (Å²) in [5.74, 6) is -0.589. The number of hydrogen-bond donors (Lipinski definition) is 1. The summed E-state index contributed by atoms with van der Waals surface area (Å²) in [5.41, 5.74) is 1.11. The molecule has 1 fully saturated rings. The Morgan fingerprint density at radius 2 is 1.77 bits per heavy atom. The fraction of sp³-hybridized carbons (Fsp3) is 0.500. The van der Waals surface area contributed by atoms with E-state index < -0.39 is 10.0 Å². The lowest BCUT2D eigenvalue weighted by Gasteiger charge is -2.30. The highest BCUT2D eigenvalue weighted by atomic mass is 32.2. The number of nitrogens with one attached hydrogen (secondary N) is 1. The van der Waals surface area contributed by atoms with Crippen LogP contribution in [0.2, 0.25) is 0 Å². The van der Waals surface area contributed by atoms with E-state index in [9.17, 15) is 17.6 Å². The molecule has 2 aromatic rings. The number of hydrogen-bond acceptors (Lipinski definition) is 3. The van der Waals surface area contributed by atoms with Gasteiger partial charge in [0.1, 0.15) is 16.4 Å². The summed E-state index contributed by atoms with van der Waals surface area (Å²) in [6.07, 6.45) is 5.45. The first-order chi connectivity index (χ1) is 14.2. The Morgan fingerprint density at radius 1 is 1.17 bits per heavy atom. The number of carbonyl (C=O) groups is 1. The van der Waals surface area contributed by atoms with Crippen molar-refractivity contribution >= 4 is 15.9 Å². The van der Waals surface area contributed by atoms with Crippen molar-refractivity contribution in [2.75, 3.05) is 19.6 Å². The van der Waals surface area contributed by atoms with Crippen LogP contribution < -0.4 is 5.32 Å². The zero-order valence-corrected chi connectivity index (χ0v) is 18.6. The predicted octanol–water partition coefficient (Wildman–Crippen LogP) is 3.44. The summed E-state index contributed by atoms with van der Waals surface area (Å²) in [6, 6.07) is 7.94. The number of halogens is 1. The van der Waals surface area contributed by atoms with Crippen LogP contribution in [0, 0.1) is 5.82 Å². The van der Waals surface area contributed by atoms with Crippen molar-refractivity contribution in [2.24, 2.45) is 7.05 Å². The van der Waals surface area contributed by atoms with Crippen molar-refractivity contribution in [3.8, 4) is 0 Å². The molecule has 1 aromatic carbocycles. The van der Waals surface area contributed by atoms with Gasteiger partial charge in [0.25, 0.3) is 5.91 Å². The number of rotatable bonds is 8. The Balaban J connectivity index is 1.79. The maximum Gasteiger partial charge on any atom is 0.267 e. The predicted molar refractivity (Wildman–Crippen MR) is 114 cm³/mol. The van der Waals surface area contributed by atoms with Gasteiger partial charge in [-0.05, 0) is 36.6 Å². The van der Waals surface area contributed by atoms with Gasteiger partial charge in [0.05, 0.1) is 0 Å². The second-order valence-electron chi connectivity index (χ2n) is 7.94. The number of nitrogens with zero attached hydrogens (tertiary/aromatic N) is 2. The Kier molecular flexibility index (Phi) is 6.67. The summed E-state index contributed by atoms with van der Waals surface area (Å²) in [6.45, 7) is 4.74. The highest BCUT2D eigenvalue weighted by Crippen LogP contribution is 2.40. The molecule has 30 heavy (non-hydrogen) atoms. The van der Waals surface area contributed by atoms with Crippen molar-refractivity contribution in [1.82, 2.24) is 14.2 Å². The average molecular weight is 436 g/mol. The number of aryl methyl sites for hydroxylation is 1. The number of benzene rings is 1. The molecule has 0 atom stereocenters. The number of aromatic nitrogens is 1. The van der Waals surface area contributed by atoms with E-state index in [2.05, 4.69) is 5.32 Å². The molecule has 1 aliphatic rings. The Labute approximate surface area is 178 Å². The van der Waals surface area contributed by atoms with E-state index in [1.54, 1.807) is 37.6 Å². The Bertz CT molecular complexity index is 989. The fourth-order valence-electron chi connectivity index (χ4n) is 4.38. The van der Waals surface area contributed by atoms with E-state index >= 15 is 0 Å². The summed E-state index contributed by atoms with van der Waals surface area (Å²) in [5, 5.41) is 3.00. The summed E-state index contributed by atoms with van der Waals surface area (Å²) >= 11 is 0. The summed E-state index contributed by atoms with van der Waals surface area (Å²) in [4.78, 5) is 13.0. The number of amides is 1. The number of sulfonamides is 1. The molecule has 1 aliphatic carbocycles. The quantitative estimate of drug-likeness (QED) is 0.691. The maximum atomic E-state index is 13.4. The maximum absolute atomic E-state index is 13.4. The van der Waals surface area contributed by atoms with Gasteiger partial charge in [0, 0.05) is 38.3 Å². The normalized spacial score (nSPS) is 16.2. The molecule has 0 unspecified atom stereocenters. The van der Waals surface area contributed by atoms with Crippen LogP contribution in [0.4, 0.5) is 4.39 Å². The molecule has 6 nitrogen and oxygen atoms in total. The number of carbonyl (C=O) groups excluding carboxylic acids is 1. The van der Waals surface area contributed by atoms with Crippen molar-refractivity contribution in [3.63, 3.8) is 0 Å². The minimum Gasteiger partial charge on any atom is -0.350 e. The van der Waals surface area contributed by atoms with Crippen molar-refractivity contribution in [3.05, 3.63) is 53.6 Å². The zero-order valence-electron chi connectivity index (χ0n) is 17.8. The van der Waals surface area contributed by atoms with Crippen LogP contribution in [0.25, 0.3) is 0 Å². The zero-order chi connectivity index (χ0) is 21.9. The molecule has 0 radical (unpaired) electrons. The second-order valence-corrected chi connectivity index (χ2v) is 9.88. The van der Waals surface area contributed by atoms with E-state index in [-0.39, 0.29) is 22.0 Å². The van der Waals surface area contributed by atoms with Gasteiger partial charge >= 0.3 is 0 Å². The molecule has 0 saturated heterocycles. The molecule has 1 amide bonds. The molecular formula is C22H30FN3O3S. The molecule has 0 aliphatic heterocycles. The van der Waals surface area contributed by atoms with Crippen LogP contribution in [0.3, 0.4) is 0 Å². The smallest absolute Gasteiger partial charge is 0.267 e. The lowest BCUT2D eigenvalue weighted by atomic mass is 9.79. The van der Waals surface area contributed by atoms with Gasteiger partial charge in [-0.2, -0.15) is 4.31 Å². The Hall–Kier alpha value is -2.19. The minimum absolute atomic E-state index is 0.118. The van der Waals surface area contributed by atoms with Crippen LogP contribution in [0.15, 0.2) is 41.4 Å². The molecule has 1 N–H and O–H groups in total. The third kappa shape index (κ3) is 4.30. The summed E-state index contributed by atoms with van der Waals surface area (Å²) < 4.78 is 41.8. The molecule has 1 aromatic heterocycles. The SMILES string of the molecule is CCN(CC)S(=O)(=O)c1cc(C(=O)NCC2(c3ccc(F)cc3)CCCC2)n(C)c1.